The lowest BCUT2D eigenvalue weighted by molar-refractivity contribution is 0.0710. The molecule has 1 aromatic heterocycles. The van der Waals surface area contributed by atoms with Gasteiger partial charge in [-0.05, 0) is 27.2 Å². The quantitative estimate of drug-likeness (QED) is 0.178. The Bertz CT molecular complexity index is 497. The number of nitrogens with zero attached hydrogens (tertiary/aromatic N) is 3. The number of hydrogen-bond donors (Lipinski definition) is 5. The van der Waals surface area contributed by atoms with Crippen molar-refractivity contribution < 1.29 is 13.3 Å². The van der Waals surface area contributed by atoms with Crippen molar-refractivity contribution in [3.05, 3.63) is 0 Å². The molecule has 0 spiro atoms. The lowest BCUT2D eigenvalue weighted by Gasteiger charge is -2.28. The van der Waals surface area contributed by atoms with Gasteiger partial charge in [0, 0.05) is 58.6 Å². The molecule has 0 fully saturated rings. The summed E-state index contributed by atoms with van der Waals surface area (Å²) in [6.45, 7) is 10.3. The van der Waals surface area contributed by atoms with Crippen molar-refractivity contribution in [2.45, 2.75) is 33.2 Å². The highest BCUT2D eigenvalue weighted by Gasteiger charge is 2.39. The van der Waals surface area contributed by atoms with E-state index in [1.54, 1.807) is 0 Å². The van der Waals surface area contributed by atoms with Crippen LogP contribution in [-0.4, -0.2) is 76.3 Å². The Kier molecular flexibility index (Phi) is 12.6. The Morgan fingerprint density at radius 3 is 1.46 bits per heavy atom. The monoisotopic (exact) mass is 416 g/mol. The van der Waals surface area contributed by atoms with E-state index in [9.17, 15) is 0 Å². The molecule has 162 valence electrons. The summed E-state index contributed by atoms with van der Waals surface area (Å²) in [5.41, 5.74) is 11.1. The number of rotatable bonds is 17. The molecule has 0 atom stereocenters. The molecule has 1 rings (SSSR count). The van der Waals surface area contributed by atoms with Gasteiger partial charge < -0.3 is 40.7 Å². The maximum atomic E-state index is 5.87. The van der Waals surface area contributed by atoms with Crippen molar-refractivity contribution in [1.29, 1.82) is 0 Å². The van der Waals surface area contributed by atoms with E-state index in [0.29, 0.717) is 70.4 Å². The van der Waals surface area contributed by atoms with Crippen LogP contribution in [0, 0.1) is 0 Å². The topological polar surface area (TPSA) is 154 Å². The number of hydrogen-bond acceptors (Lipinski definition) is 11. The number of nitrogens with one attached hydrogen (secondary N) is 3. The van der Waals surface area contributed by atoms with Crippen molar-refractivity contribution >= 4 is 26.6 Å². The second kappa shape index (κ2) is 14.4. The van der Waals surface area contributed by atoms with E-state index in [-0.39, 0.29) is 0 Å². The van der Waals surface area contributed by atoms with Crippen LogP contribution in [0.5, 0.6) is 0 Å². The fourth-order valence-corrected chi connectivity index (χ4v) is 5.10. The Hall–Kier alpha value is -1.57. The van der Waals surface area contributed by atoms with Gasteiger partial charge in [0.15, 0.2) is 0 Å². The SMILES string of the molecule is CCO[Si](CCCNc1nc(NCCN)nc(NCCN)n1)(OCC)OCC. The summed E-state index contributed by atoms with van der Waals surface area (Å²) in [6.07, 6.45) is 0.801. The molecule has 7 N–H and O–H groups in total. The average Bonchev–Trinajstić information content (AvgIpc) is 2.69. The minimum Gasteiger partial charge on any atom is -0.374 e. The molecule has 0 saturated carbocycles. The zero-order valence-electron chi connectivity index (χ0n) is 17.3. The molecular formula is C16H36N8O3Si. The number of nitrogens with two attached hydrogens (primary N) is 2. The van der Waals surface area contributed by atoms with E-state index < -0.39 is 8.80 Å². The minimum absolute atomic E-state index is 0.462. The normalized spacial score (nSPS) is 11.5. The van der Waals surface area contributed by atoms with Crippen molar-refractivity contribution in [2.75, 3.05) is 68.5 Å². The molecule has 0 aliphatic rings. The lowest BCUT2D eigenvalue weighted by atomic mass is 10.5. The molecule has 0 bridgehead atoms. The maximum Gasteiger partial charge on any atom is 0.500 e. The highest BCUT2D eigenvalue weighted by Crippen LogP contribution is 2.18. The van der Waals surface area contributed by atoms with Gasteiger partial charge in [0.1, 0.15) is 0 Å². The fourth-order valence-electron chi connectivity index (χ4n) is 2.49. The molecule has 28 heavy (non-hydrogen) atoms. The van der Waals surface area contributed by atoms with Gasteiger partial charge in [-0.2, -0.15) is 15.0 Å². The van der Waals surface area contributed by atoms with Crippen LogP contribution >= 0.6 is 0 Å². The van der Waals surface area contributed by atoms with Crippen LogP contribution in [0.25, 0.3) is 0 Å². The Balaban J connectivity index is 2.68. The van der Waals surface area contributed by atoms with E-state index in [4.69, 9.17) is 24.7 Å². The van der Waals surface area contributed by atoms with E-state index >= 15 is 0 Å². The summed E-state index contributed by atoms with van der Waals surface area (Å²) in [7, 11) is -2.64. The Morgan fingerprint density at radius 1 is 0.714 bits per heavy atom. The molecule has 0 radical (unpaired) electrons. The summed E-state index contributed by atoms with van der Waals surface area (Å²) in [6, 6.07) is 0.719. The van der Waals surface area contributed by atoms with E-state index in [2.05, 4.69) is 30.9 Å². The molecule has 11 nitrogen and oxygen atoms in total. The van der Waals surface area contributed by atoms with E-state index in [0.717, 1.165) is 12.5 Å². The van der Waals surface area contributed by atoms with Crippen LogP contribution in [0.2, 0.25) is 6.04 Å². The first-order chi connectivity index (χ1) is 13.6. The maximum absolute atomic E-state index is 5.87. The third kappa shape index (κ3) is 9.08. The van der Waals surface area contributed by atoms with Crippen molar-refractivity contribution in [1.82, 2.24) is 15.0 Å². The van der Waals surface area contributed by atoms with Crippen LogP contribution in [0.4, 0.5) is 17.8 Å². The van der Waals surface area contributed by atoms with Crippen LogP contribution < -0.4 is 27.4 Å². The molecular weight excluding hydrogens is 380 g/mol. The van der Waals surface area contributed by atoms with E-state index in [1.165, 1.54) is 0 Å². The van der Waals surface area contributed by atoms with Gasteiger partial charge in [0.05, 0.1) is 0 Å². The third-order valence-electron chi connectivity index (χ3n) is 3.53. The van der Waals surface area contributed by atoms with Gasteiger partial charge in [-0.1, -0.05) is 0 Å². The lowest BCUT2D eigenvalue weighted by Crippen LogP contribution is -2.46. The summed E-state index contributed by atoms with van der Waals surface area (Å²) >= 11 is 0. The predicted octanol–water partition coefficient (Wildman–Crippen LogP) is 0.463. The molecule has 0 amide bonds. The van der Waals surface area contributed by atoms with Crippen molar-refractivity contribution in [3.63, 3.8) is 0 Å². The first-order valence-electron chi connectivity index (χ1n) is 9.92. The summed E-state index contributed by atoms with van der Waals surface area (Å²) in [5.74, 6) is 1.40. The van der Waals surface area contributed by atoms with Crippen molar-refractivity contribution in [2.24, 2.45) is 11.5 Å². The smallest absolute Gasteiger partial charge is 0.374 e. The second-order valence-electron chi connectivity index (χ2n) is 5.75. The summed E-state index contributed by atoms with van der Waals surface area (Å²) < 4.78 is 17.6. The molecule has 0 aliphatic carbocycles. The molecule has 0 saturated heterocycles. The third-order valence-corrected chi connectivity index (χ3v) is 6.68. The molecule has 0 aliphatic heterocycles. The zero-order valence-corrected chi connectivity index (χ0v) is 18.3. The van der Waals surface area contributed by atoms with Crippen molar-refractivity contribution in [3.8, 4) is 0 Å². The zero-order chi connectivity index (χ0) is 20.7. The largest absolute Gasteiger partial charge is 0.500 e. The number of anilines is 3. The van der Waals surface area contributed by atoms with Gasteiger partial charge in [0.2, 0.25) is 17.8 Å². The number of aromatic nitrogens is 3. The van der Waals surface area contributed by atoms with Crippen LogP contribution in [0.3, 0.4) is 0 Å². The first kappa shape index (κ1) is 24.5. The Morgan fingerprint density at radius 2 is 1.11 bits per heavy atom. The van der Waals surface area contributed by atoms with Crippen LogP contribution in [0.1, 0.15) is 27.2 Å². The van der Waals surface area contributed by atoms with Gasteiger partial charge >= 0.3 is 8.80 Å². The average molecular weight is 417 g/mol. The van der Waals surface area contributed by atoms with Crippen LogP contribution in [-0.2, 0) is 13.3 Å². The molecule has 0 unspecified atom stereocenters. The predicted molar refractivity (Wildman–Crippen MR) is 113 cm³/mol. The van der Waals surface area contributed by atoms with Gasteiger partial charge in [-0.3, -0.25) is 0 Å². The minimum atomic E-state index is -2.64. The highest BCUT2D eigenvalue weighted by molar-refractivity contribution is 6.60. The molecule has 1 aromatic rings. The second-order valence-corrected chi connectivity index (χ2v) is 8.48. The van der Waals surface area contributed by atoms with E-state index in [1.807, 2.05) is 20.8 Å². The Labute approximate surface area is 168 Å². The van der Waals surface area contributed by atoms with Gasteiger partial charge in [-0.25, -0.2) is 0 Å². The standard InChI is InChI=1S/C16H36N8O3Si/c1-4-25-28(26-5-2,27-6-3)13-7-10-19-14-22-15(20-11-8-17)24-16(23-14)21-12-9-18/h4-13,17-18H2,1-3H3,(H3,19,20,21,22,23,24). The molecule has 1 heterocycles. The summed E-state index contributed by atoms with van der Waals surface area (Å²) in [5, 5.41) is 9.36. The summed E-state index contributed by atoms with van der Waals surface area (Å²) in [4.78, 5) is 13.0. The molecule has 0 aromatic carbocycles. The van der Waals surface area contributed by atoms with Crippen LogP contribution in [0.15, 0.2) is 0 Å². The first-order valence-corrected chi connectivity index (χ1v) is 11.9. The fraction of sp³-hybridized carbons (Fsp3) is 0.812. The van der Waals surface area contributed by atoms with Gasteiger partial charge in [-0.15, -0.1) is 0 Å². The molecule has 12 heteroatoms. The van der Waals surface area contributed by atoms with Gasteiger partial charge in [0.25, 0.3) is 0 Å². The highest BCUT2D eigenvalue weighted by atomic mass is 28.4.